The van der Waals surface area contributed by atoms with E-state index in [0.717, 1.165) is 11.5 Å². The van der Waals surface area contributed by atoms with E-state index in [2.05, 4.69) is 15.0 Å². The molecule has 7 nitrogen and oxygen atoms in total. The summed E-state index contributed by atoms with van der Waals surface area (Å²) in [5.74, 6) is -3.00. The van der Waals surface area contributed by atoms with Crippen molar-refractivity contribution >= 4 is 56.5 Å². The fourth-order valence-electron chi connectivity index (χ4n) is 4.11. The Kier molecular flexibility index (Phi) is 7.18. The van der Waals surface area contributed by atoms with Crippen LogP contribution in [0.25, 0.3) is 10.1 Å². The van der Waals surface area contributed by atoms with Crippen molar-refractivity contribution < 1.29 is 23.2 Å². The molecule has 186 valence electrons. The van der Waals surface area contributed by atoms with Crippen molar-refractivity contribution in [1.29, 1.82) is 0 Å². The zero-order valence-electron chi connectivity index (χ0n) is 19.5. The first-order chi connectivity index (χ1) is 17.1. The van der Waals surface area contributed by atoms with Gasteiger partial charge in [-0.1, -0.05) is 30.7 Å². The lowest BCUT2D eigenvalue weighted by atomic mass is 9.96. The van der Waals surface area contributed by atoms with Crippen LogP contribution in [0.2, 0.25) is 5.02 Å². The number of ketones is 1. The number of fused-ring (bicyclic) bond motifs is 1. The molecule has 2 aromatic heterocycles. The van der Waals surface area contributed by atoms with Crippen molar-refractivity contribution in [2.45, 2.75) is 26.3 Å². The molecule has 4 rings (SSSR count). The van der Waals surface area contributed by atoms with Gasteiger partial charge in [0, 0.05) is 29.1 Å². The summed E-state index contributed by atoms with van der Waals surface area (Å²) < 4.78 is 34.1. The standard InChI is InChI=1S/C25H21ClF2N4O3S/c1-12(33)11-32-20(24(34)29-3)10-19(22(32)13(2)16-9-14(27)7-8-17(16)26)30-25(35)21-15-5-4-6-18(28)23(15)36-31-21/h4-10,13H,11H2,1-3H3,(H,29,34)(H,30,35)/t13-/m1/s1. The summed E-state index contributed by atoms with van der Waals surface area (Å²) in [4.78, 5) is 38.1. The monoisotopic (exact) mass is 530 g/mol. The van der Waals surface area contributed by atoms with Crippen molar-refractivity contribution in [2.75, 3.05) is 12.4 Å². The third kappa shape index (κ3) is 4.74. The normalized spacial score (nSPS) is 11.9. The van der Waals surface area contributed by atoms with Gasteiger partial charge in [0.05, 0.1) is 16.9 Å². The van der Waals surface area contributed by atoms with E-state index in [-0.39, 0.29) is 39.1 Å². The van der Waals surface area contributed by atoms with Crippen LogP contribution in [0.1, 0.15) is 52.0 Å². The van der Waals surface area contributed by atoms with E-state index in [1.807, 2.05) is 0 Å². The lowest BCUT2D eigenvalue weighted by Gasteiger charge is -2.20. The Balaban J connectivity index is 1.87. The predicted molar refractivity (Wildman–Crippen MR) is 135 cm³/mol. The smallest absolute Gasteiger partial charge is 0.276 e. The number of carbonyl (C=O) groups excluding carboxylic acids is 3. The Morgan fingerprint density at radius 2 is 1.89 bits per heavy atom. The van der Waals surface area contributed by atoms with Gasteiger partial charge < -0.3 is 15.2 Å². The van der Waals surface area contributed by atoms with E-state index in [1.54, 1.807) is 13.0 Å². The molecule has 2 N–H and O–H groups in total. The highest BCUT2D eigenvalue weighted by Gasteiger charge is 2.28. The highest BCUT2D eigenvalue weighted by molar-refractivity contribution is 7.13. The first kappa shape index (κ1) is 25.5. The summed E-state index contributed by atoms with van der Waals surface area (Å²) >= 11 is 7.22. The predicted octanol–water partition coefficient (Wildman–Crippen LogP) is 5.38. The second-order valence-electron chi connectivity index (χ2n) is 8.19. The summed E-state index contributed by atoms with van der Waals surface area (Å²) in [5, 5.41) is 5.90. The Hall–Kier alpha value is -3.63. The first-order valence-corrected chi connectivity index (χ1v) is 12.0. The van der Waals surface area contributed by atoms with Crippen LogP contribution in [0.3, 0.4) is 0 Å². The molecule has 0 fully saturated rings. The molecule has 4 aromatic rings. The molecular formula is C25H21ClF2N4O3S. The summed E-state index contributed by atoms with van der Waals surface area (Å²) in [6.45, 7) is 2.92. The molecule has 0 bridgehead atoms. The average Bonchev–Trinajstić information content (AvgIpc) is 3.42. The number of Topliss-reactive ketones (excluding diaryl/α,β-unsaturated/α-hetero) is 1. The van der Waals surface area contributed by atoms with Crippen molar-refractivity contribution in [2.24, 2.45) is 0 Å². The lowest BCUT2D eigenvalue weighted by Crippen LogP contribution is -2.24. The van der Waals surface area contributed by atoms with Crippen molar-refractivity contribution in [1.82, 2.24) is 14.3 Å². The first-order valence-electron chi connectivity index (χ1n) is 10.9. The molecular weight excluding hydrogens is 510 g/mol. The van der Waals surface area contributed by atoms with Crippen molar-refractivity contribution in [3.63, 3.8) is 0 Å². The van der Waals surface area contributed by atoms with E-state index in [4.69, 9.17) is 11.6 Å². The van der Waals surface area contributed by atoms with E-state index in [9.17, 15) is 23.2 Å². The van der Waals surface area contributed by atoms with Crippen LogP contribution in [0.5, 0.6) is 0 Å². The number of amides is 2. The zero-order chi connectivity index (χ0) is 26.1. The minimum absolute atomic E-state index is 0.0118. The molecule has 0 unspecified atom stereocenters. The van der Waals surface area contributed by atoms with Gasteiger partial charge in [0.15, 0.2) is 0 Å². The second kappa shape index (κ2) is 10.2. The summed E-state index contributed by atoms with van der Waals surface area (Å²) in [6, 6.07) is 9.68. The van der Waals surface area contributed by atoms with Crippen LogP contribution in [-0.2, 0) is 11.3 Å². The number of benzene rings is 2. The molecule has 11 heteroatoms. The van der Waals surface area contributed by atoms with E-state index in [1.165, 1.54) is 54.9 Å². The largest absolute Gasteiger partial charge is 0.354 e. The van der Waals surface area contributed by atoms with Gasteiger partial charge in [0.1, 0.15) is 28.8 Å². The van der Waals surface area contributed by atoms with Crippen molar-refractivity contribution in [3.05, 3.63) is 81.8 Å². The number of aromatic nitrogens is 2. The lowest BCUT2D eigenvalue weighted by molar-refractivity contribution is -0.117. The van der Waals surface area contributed by atoms with E-state index < -0.39 is 29.4 Å². The van der Waals surface area contributed by atoms with Crippen LogP contribution in [0, 0.1) is 11.6 Å². The fourth-order valence-corrected chi connectivity index (χ4v) is 5.17. The molecule has 0 saturated carbocycles. The molecule has 0 aliphatic carbocycles. The fraction of sp³-hybridized carbons (Fsp3) is 0.200. The number of rotatable bonds is 7. The number of nitrogens with one attached hydrogen (secondary N) is 2. The van der Waals surface area contributed by atoms with Gasteiger partial charge in [-0.25, -0.2) is 8.78 Å². The molecule has 2 heterocycles. The number of hydrogen-bond acceptors (Lipinski definition) is 5. The van der Waals surface area contributed by atoms with Crippen LogP contribution >= 0.6 is 23.1 Å². The van der Waals surface area contributed by atoms with E-state index >= 15 is 0 Å². The number of nitrogens with zero attached hydrogens (tertiary/aromatic N) is 2. The molecule has 2 aromatic carbocycles. The summed E-state index contributed by atoms with van der Waals surface area (Å²) in [5.41, 5.74) is 1.12. The summed E-state index contributed by atoms with van der Waals surface area (Å²) in [6.07, 6.45) is 0. The maximum Gasteiger partial charge on any atom is 0.276 e. The topological polar surface area (TPSA) is 93.1 Å². The number of carbonyl (C=O) groups is 3. The number of anilines is 1. The highest BCUT2D eigenvalue weighted by Crippen LogP contribution is 2.37. The zero-order valence-corrected chi connectivity index (χ0v) is 21.1. The SMILES string of the molecule is CNC(=O)c1cc(NC(=O)c2nsc3c(F)cccc23)c([C@H](C)c2cc(F)ccc2Cl)n1CC(C)=O. The Labute approximate surface area is 214 Å². The van der Waals surface area contributed by atoms with Gasteiger partial charge >= 0.3 is 0 Å². The Bertz CT molecular complexity index is 1510. The van der Waals surface area contributed by atoms with Gasteiger partial charge in [-0.15, -0.1) is 0 Å². The molecule has 2 amide bonds. The third-order valence-electron chi connectivity index (χ3n) is 5.73. The van der Waals surface area contributed by atoms with Gasteiger partial charge in [-0.3, -0.25) is 14.4 Å². The van der Waals surface area contributed by atoms with Crippen LogP contribution in [0.4, 0.5) is 14.5 Å². The van der Waals surface area contributed by atoms with Crippen LogP contribution < -0.4 is 10.6 Å². The average molecular weight is 531 g/mol. The molecule has 0 spiro atoms. The third-order valence-corrected chi connectivity index (χ3v) is 6.94. The molecule has 0 aliphatic rings. The molecule has 36 heavy (non-hydrogen) atoms. The van der Waals surface area contributed by atoms with Gasteiger partial charge in [-0.05, 0) is 54.4 Å². The minimum Gasteiger partial charge on any atom is -0.354 e. The number of hydrogen-bond donors (Lipinski definition) is 2. The molecule has 1 atom stereocenters. The Morgan fingerprint density at radius 1 is 1.14 bits per heavy atom. The summed E-state index contributed by atoms with van der Waals surface area (Å²) in [7, 11) is 1.44. The quantitative estimate of drug-likeness (QED) is 0.335. The molecule has 0 radical (unpaired) electrons. The van der Waals surface area contributed by atoms with Crippen LogP contribution in [0.15, 0.2) is 42.5 Å². The molecule has 0 saturated heterocycles. The minimum atomic E-state index is -0.633. The number of halogens is 3. The van der Waals surface area contributed by atoms with Gasteiger partial charge in [-0.2, -0.15) is 4.37 Å². The Morgan fingerprint density at radius 3 is 2.58 bits per heavy atom. The van der Waals surface area contributed by atoms with E-state index in [0.29, 0.717) is 16.6 Å². The van der Waals surface area contributed by atoms with Gasteiger partial charge in [0.2, 0.25) is 0 Å². The maximum atomic E-state index is 14.1. The molecule has 0 aliphatic heterocycles. The van der Waals surface area contributed by atoms with Gasteiger partial charge in [0.25, 0.3) is 11.8 Å². The maximum absolute atomic E-state index is 14.1. The van der Waals surface area contributed by atoms with Crippen molar-refractivity contribution in [3.8, 4) is 0 Å². The highest BCUT2D eigenvalue weighted by atomic mass is 35.5. The van der Waals surface area contributed by atoms with Crippen LogP contribution in [-0.4, -0.2) is 33.6 Å². The second-order valence-corrected chi connectivity index (χ2v) is 9.37.